The summed E-state index contributed by atoms with van der Waals surface area (Å²) in [4.78, 5) is 12.7. The summed E-state index contributed by atoms with van der Waals surface area (Å²) in [5, 5.41) is 2.97. The molecule has 1 aliphatic carbocycles. The number of nitrogens with one attached hydrogen (secondary N) is 1. The summed E-state index contributed by atoms with van der Waals surface area (Å²) in [7, 11) is 3.27. The van der Waals surface area contributed by atoms with Gasteiger partial charge in [0.05, 0.1) is 6.61 Å². The van der Waals surface area contributed by atoms with Gasteiger partial charge in [0, 0.05) is 19.9 Å². The minimum absolute atomic E-state index is 0.0559. The lowest BCUT2D eigenvalue weighted by molar-refractivity contribution is -0.143. The minimum Gasteiger partial charge on any atom is -0.491 e. The van der Waals surface area contributed by atoms with E-state index in [4.69, 9.17) is 14.2 Å². The zero-order valence-electron chi connectivity index (χ0n) is 14.3. The highest BCUT2D eigenvalue weighted by Crippen LogP contribution is 2.35. The van der Waals surface area contributed by atoms with Crippen LogP contribution in [0.2, 0.25) is 0 Å². The number of benzene rings is 1. The van der Waals surface area contributed by atoms with Gasteiger partial charge in [-0.05, 0) is 49.4 Å². The van der Waals surface area contributed by atoms with E-state index in [1.807, 2.05) is 24.3 Å². The fourth-order valence-electron chi connectivity index (χ4n) is 3.11. The average Bonchev–Trinajstić information content (AvgIpc) is 2.56. The number of carbonyl (C=O) groups excluding carboxylic acids is 1. The van der Waals surface area contributed by atoms with Crippen LogP contribution >= 0.6 is 0 Å². The standard InChI is InChI=1S/C18H27NO4/c1-14-5-4-10-18(13-14,22-3)17(20)19-15-6-8-16(9-7-15)23-12-11-21-2/h6-9,14H,4-5,10-13H2,1-3H3,(H,19,20)/t14-,18+/m1/s1. The zero-order valence-corrected chi connectivity index (χ0v) is 14.3. The predicted octanol–water partition coefficient (Wildman–Crippen LogP) is 3.25. The maximum Gasteiger partial charge on any atom is 0.256 e. The highest BCUT2D eigenvalue weighted by Gasteiger charge is 2.41. The number of carbonyl (C=O) groups is 1. The Morgan fingerprint density at radius 2 is 2.00 bits per heavy atom. The molecule has 0 bridgehead atoms. The normalized spacial score (nSPS) is 24.2. The van der Waals surface area contributed by atoms with Crippen LogP contribution in [0.4, 0.5) is 5.69 Å². The van der Waals surface area contributed by atoms with Gasteiger partial charge in [0.15, 0.2) is 0 Å². The Hall–Kier alpha value is -1.59. The molecule has 2 atom stereocenters. The number of hydrogen-bond acceptors (Lipinski definition) is 4. The van der Waals surface area contributed by atoms with Crippen LogP contribution in [0.5, 0.6) is 5.75 Å². The van der Waals surface area contributed by atoms with Gasteiger partial charge in [-0.1, -0.05) is 13.3 Å². The molecule has 1 aromatic carbocycles. The summed E-state index contributed by atoms with van der Waals surface area (Å²) in [5.74, 6) is 1.21. The first-order chi connectivity index (χ1) is 11.1. The lowest BCUT2D eigenvalue weighted by Gasteiger charge is -2.37. The molecule has 128 valence electrons. The van der Waals surface area contributed by atoms with Gasteiger partial charge in [-0.3, -0.25) is 4.79 Å². The number of anilines is 1. The third kappa shape index (κ3) is 4.69. The maximum absolute atomic E-state index is 12.7. The number of rotatable bonds is 7. The minimum atomic E-state index is -0.703. The molecule has 1 amide bonds. The number of ether oxygens (including phenoxy) is 3. The highest BCUT2D eigenvalue weighted by molar-refractivity contribution is 5.97. The topological polar surface area (TPSA) is 56.8 Å². The van der Waals surface area contributed by atoms with Gasteiger partial charge in [-0.2, -0.15) is 0 Å². The van der Waals surface area contributed by atoms with E-state index in [0.717, 1.165) is 37.1 Å². The Morgan fingerprint density at radius 1 is 1.26 bits per heavy atom. The van der Waals surface area contributed by atoms with E-state index in [1.54, 1.807) is 14.2 Å². The molecule has 2 rings (SSSR count). The zero-order chi connectivity index (χ0) is 16.7. The Bertz CT molecular complexity index is 502. The van der Waals surface area contributed by atoms with Gasteiger partial charge >= 0.3 is 0 Å². The fraction of sp³-hybridized carbons (Fsp3) is 0.611. The third-order valence-corrected chi connectivity index (χ3v) is 4.43. The second-order valence-electron chi connectivity index (χ2n) is 6.22. The summed E-state index contributed by atoms with van der Waals surface area (Å²) in [6.07, 6.45) is 3.73. The molecule has 0 aliphatic heterocycles. The Kier molecular flexibility index (Phi) is 6.42. The van der Waals surface area contributed by atoms with E-state index >= 15 is 0 Å². The van der Waals surface area contributed by atoms with Crippen LogP contribution in [0, 0.1) is 5.92 Å². The molecular weight excluding hydrogens is 294 g/mol. The largest absolute Gasteiger partial charge is 0.491 e. The van der Waals surface area contributed by atoms with E-state index < -0.39 is 5.60 Å². The molecular formula is C18H27NO4. The quantitative estimate of drug-likeness (QED) is 0.783. The number of methoxy groups -OCH3 is 2. The molecule has 1 fully saturated rings. The first kappa shape index (κ1) is 17.8. The molecule has 1 N–H and O–H groups in total. The maximum atomic E-state index is 12.7. The number of hydrogen-bond donors (Lipinski definition) is 1. The van der Waals surface area contributed by atoms with E-state index in [9.17, 15) is 4.79 Å². The molecule has 23 heavy (non-hydrogen) atoms. The van der Waals surface area contributed by atoms with Gasteiger partial charge in [0.1, 0.15) is 18.0 Å². The second kappa shape index (κ2) is 8.31. The van der Waals surface area contributed by atoms with Crippen molar-refractivity contribution in [3.05, 3.63) is 24.3 Å². The molecule has 0 aromatic heterocycles. The van der Waals surface area contributed by atoms with Crippen molar-refractivity contribution in [1.29, 1.82) is 0 Å². The van der Waals surface area contributed by atoms with Gasteiger partial charge in [0.2, 0.25) is 0 Å². The van der Waals surface area contributed by atoms with Crippen LogP contribution in [0.3, 0.4) is 0 Å². The molecule has 5 heteroatoms. The molecule has 1 aromatic rings. The lowest BCUT2D eigenvalue weighted by atomic mass is 9.78. The highest BCUT2D eigenvalue weighted by atomic mass is 16.5. The van der Waals surface area contributed by atoms with Crippen molar-refractivity contribution in [3.8, 4) is 5.75 Å². The van der Waals surface area contributed by atoms with E-state index in [0.29, 0.717) is 19.1 Å². The Balaban J connectivity index is 1.96. The Labute approximate surface area is 138 Å². The summed E-state index contributed by atoms with van der Waals surface area (Å²) in [6, 6.07) is 7.37. The first-order valence-corrected chi connectivity index (χ1v) is 8.18. The summed E-state index contributed by atoms with van der Waals surface area (Å²) < 4.78 is 16.1. The van der Waals surface area contributed by atoms with E-state index in [1.165, 1.54) is 0 Å². The molecule has 5 nitrogen and oxygen atoms in total. The van der Waals surface area contributed by atoms with Crippen molar-refractivity contribution in [3.63, 3.8) is 0 Å². The Morgan fingerprint density at radius 3 is 2.61 bits per heavy atom. The summed E-state index contributed by atoms with van der Waals surface area (Å²) >= 11 is 0. The third-order valence-electron chi connectivity index (χ3n) is 4.43. The van der Waals surface area contributed by atoms with Crippen molar-refractivity contribution < 1.29 is 19.0 Å². The van der Waals surface area contributed by atoms with Crippen LogP contribution in [0.1, 0.15) is 32.6 Å². The molecule has 0 radical (unpaired) electrons. The van der Waals surface area contributed by atoms with Crippen LogP contribution in [-0.2, 0) is 14.3 Å². The molecule has 0 heterocycles. The number of amides is 1. The molecule has 0 spiro atoms. The smallest absolute Gasteiger partial charge is 0.256 e. The van der Waals surface area contributed by atoms with Crippen molar-refractivity contribution in [2.24, 2.45) is 5.92 Å². The van der Waals surface area contributed by atoms with Crippen LogP contribution < -0.4 is 10.1 Å². The fourth-order valence-corrected chi connectivity index (χ4v) is 3.11. The molecule has 1 saturated carbocycles. The predicted molar refractivity (Wildman–Crippen MR) is 89.8 cm³/mol. The van der Waals surface area contributed by atoms with Gasteiger partial charge in [-0.15, -0.1) is 0 Å². The summed E-state index contributed by atoms with van der Waals surface area (Å²) in [6.45, 7) is 3.23. The second-order valence-corrected chi connectivity index (χ2v) is 6.22. The van der Waals surface area contributed by atoms with Gasteiger partial charge < -0.3 is 19.5 Å². The van der Waals surface area contributed by atoms with Crippen molar-refractivity contribution in [1.82, 2.24) is 0 Å². The first-order valence-electron chi connectivity index (χ1n) is 8.18. The monoisotopic (exact) mass is 321 g/mol. The lowest BCUT2D eigenvalue weighted by Crippen LogP contribution is -2.47. The van der Waals surface area contributed by atoms with Crippen LogP contribution in [0.25, 0.3) is 0 Å². The van der Waals surface area contributed by atoms with E-state index in [2.05, 4.69) is 12.2 Å². The summed E-state index contributed by atoms with van der Waals surface area (Å²) in [5.41, 5.74) is 0.0504. The SMILES string of the molecule is COCCOc1ccc(NC(=O)[C@]2(OC)CCC[C@@H](C)C2)cc1. The van der Waals surface area contributed by atoms with E-state index in [-0.39, 0.29) is 5.91 Å². The van der Waals surface area contributed by atoms with Crippen molar-refractivity contribution >= 4 is 11.6 Å². The molecule has 0 saturated heterocycles. The van der Waals surface area contributed by atoms with Crippen molar-refractivity contribution in [2.45, 2.75) is 38.2 Å². The van der Waals surface area contributed by atoms with Crippen molar-refractivity contribution in [2.75, 3.05) is 32.8 Å². The van der Waals surface area contributed by atoms with Crippen LogP contribution in [0.15, 0.2) is 24.3 Å². The van der Waals surface area contributed by atoms with Crippen LogP contribution in [-0.4, -0.2) is 38.9 Å². The molecule has 0 unspecified atom stereocenters. The van der Waals surface area contributed by atoms with Gasteiger partial charge in [0.25, 0.3) is 5.91 Å². The van der Waals surface area contributed by atoms with Gasteiger partial charge in [-0.25, -0.2) is 0 Å². The molecule has 1 aliphatic rings. The average molecular weight is 321 g/mol.